The summed E-state index contributed by atoms with van der Waals surface area (Å²) in [4.78, 5) is 33.6. The summed E-state index contributed by atoms with van der Waals surface area (Å²) in [5.74, 6) is -0.768. The normalized spacial score (nSPS) is 11.7. The van der Waals surface area contributed by atoms with Crippen molar-refractivity contribution in [1.29, 1.82) is 0 Å². The van der Waals surface area contributed by atoms with Crippen molar-refractivity contribution in [1.82, 2.24) is 10.3 Å². The van der Waals surface area contributed by atoms with Gasteiger partial charge in [-0.15, -0.1) is 0 Å². The highest BCUT2D eigenvalue weighted by Crippen LogP contribution is 2.33. The van der Waals surface area contributed by atoms with Gasteiger partial charge in [0.2, 0.25) is 0 Å². The number of amides is 2. The quantitative estimate of drug-likeness (QED) is 0.0510. The maximum Gasteiger partial charge on any atom is 0.416 e. The van der Waals surface area contributed by atoms with Crippen LogP contribution >= 0.6 is 0 Å². The van der Waals surface area contributed by atoms with Gasteiger partial charge in [0.15, 0.2) is 0 Å². The standard InChI is InChI=1S/C46H60F3N5O5/c1-6-53(7-2)40-19-20-42(41(33-40)43-32-38(21-22-50-43)44(55)51-34-36-15-12-18-39(31-36)46(47,48)49)52-45(56)37-17-11-14-35(30-37)16-13-24-57-26-28-59-29-27-58-25-23-54(8-3,9-4)10-5/h11-12,14-15,17-22,30-33H,6-10,13,16,23-29,34H2,1-5H3,(H-,50,51,52,55,56)/p+1. The second kappa shape index (κ2) is 23.7. The fourth-order valence-corrected chi connectivity index (χ4v) is 6.89. The molecule has 4 aromatic rings. The van der Waals surface area contributed by atoms with Crippen LogP contribution in [0.1, 0.15) is 78.4 Å². The van der Waals surface area contributed by atoms with Gasteiger partial charge >= 0.3 is 6.18 Å². The molecule has 3 aromatic carbocycles. The van der Waals surface area contributed by atoms with Crippen molar-refractivity contribution in [3.63, 3.8) is 0 Å². The van der Waals surface area contributed by atoms with E-state index in [4.69, 9.17) is 14.2 Å². The number of aryl methyl sites for hydroxylation is 1. The van der Waals surface area contributed by atoms with Crippen molar-refractivity contribution in [2.24, 2.45) is 0 Å². The number of nitrogens with zero attached hydrogens (tertiary/aromatic N) is 3. The van der Waals surface area contributed by atoms with Gasteiger partial charge in [-0.05, 0) is 113 Å². The van der Waals surface area contributed by atoms with Gasteiger partial charge < -0.3 is 34.2 Å². The first-order valence-corrected chi connectivity index (χ1v) is 20.7. The Morgan fingerprint density at radius 2 is 1.36 bits per heavy atom. The van der Waals surface area contributed by atoms with Crippen molar-refractivity contribution < 1.29 is 41.5 Å². The Morgan fingerprint density at radius 3 is 2.03 bits per heavy atom. The molecule has 59 heavy (non-hydrogen) atoms. The SMILES string of the molecule is CCN(CC)c1ccc(NC(=O)c2cccc(CCCOCCOCCOCC[N+](CC)(CC)CC)c2)c(-c2cc(C(=O)NCc3cccc(C(F)(F)F)c3)ccn2)c1. The Morgan fingerprint density at radius 1 is 0.712 bits per heavy atom. The van der Waals surface area contributed by atoms with Crippen molar-refractivity contribution in [3.05, 3.63) is 113 Å². The number of pyridine rings is 1. The van der Waals surface area contributed by atoms with Crippen LogP contribution in [-0.2, 0) is 33.4 Å². The van der Waals surface area contributed by atoms with Gasteiger partial charge in [0.1, 0.15) is 6.54 Å². The van der Waals surface area contributed by atoms with Crippen LogP contribution in [0.25, 0.3) is 11.3 Å². The van der Waals surface area contributed by atoms with Gasteiger partial charge in [-0.25, -0.2) is 0 Å². The number of alkyl halides is 3. The number of rotatable bonds is 25. The molecule has 10 nitrogen and oxygen atoms in total. The number of anilines is 2. The number of likely N-dealkylation sites (N-methyl/N-ethyl adjacent to an activating group) is 1. The van der Waals surface area contributed by atoms with Gasteiger partial charge in [-0.1, -0.05) is 24.3 Å². The number of carbonyl (C=O) groups is 2. The molecule has 0 bridgehead atoms. The number of carbonyl (C=O) groups excluding carboxylic acids is 2. The number of hydrogen-bond donors (Lipinski definition) is 2. The second-order valence-electron chi connectivity index (χ2n) is 14.3. The molecule has 2 N–H and O–H groups in total. The predicted molar refractivity (Wildman–Crippen MR) is 228 cm³/mol. The molecule has 0 radical (unpaired) electrons. The minimum atomic E-state index is -4.48. The fraction of sp³-hybridized carbons (Fsp3) is 0.457. The van der Waals surface area contributed by atoms with Crippen LogP contribution in [0.15, 0.2) is 85.1 Å². The van der Waals surface area contributed by atoms with Gasteiger partial charge in [-0.2, -0.15) is 13.2 Å². The third-order valence-corrected chi connectivity index (χ3v) is 10.8. The minimum Gasteiger partial charge on any atom is -0.379 e. The van der Waals surface area contributed by atoms with Crippen LogP contribution in [0.4, 0.5) is 24.5 Å². The molecule has 0 fully saturated rings. The van der Waals surface area contributed by atoms with Gasteiger partial charge in [0, 0.05) is 54.8 Å². The highest BCUT2D eigenvalue weighted by atomic mass is 19.4. The molecule has 1 aromatic heterocycles. The van der Waals surface area contributed by atoms with E-state index in [-0.39, 0.29) is 18.0 Å². The Kier molecular flexibility index (Phi) is 18.8. The number of hydrogen-bond acceptors (Lipinski definition) is 7. The summed E-state index contributed by atoms with van der Waals surface area (Å²) in [6, 6.07) is 21.2. The monoisotopic (exact) mass is 820 g/mol. The molecular weight excluding hydrogens is 760 g/mol. The summed E-state index contributed by atoms with van der Waals surface area (Å²) in [7, 11) is 0. The highest BCUT2D eigenvalue weighted by molar-refractivity contribution is 6.06. The third-order valence-electron chi connectivity index (χ3n) is 10.8. The first-order valence-electron chi connectivity index (χ1n) is 20.7. The first-order chi connectivity index (χ1) is 28.4. The Balaban J connectivity index is 1.32. The smallest absolute Gasteiger partial charge is 0.379 e. The average molecular weight is 821 g/mol. The van der Waals surface area contributed by atoms with Gasteiger partial charge in [0.05, 0.1) is 69.6 Å². The van der Waals surface area contributed by atoms with E-state index in [1.54, 1.807) is 12.1 Å². The van der Waals surface area contributed by atoms with E-state index >= 15 is 0 Å². The zero-order chi connectivity index (χ0) is 42.7. The van der Waals surface area contributed by atoms with Crippen LogP contribution in [0.2, 0.25) is 0 Å². The molecule has 0 aliphatic heterocycles. The largest absolute Gasteiger partial charge is 0.416 e. The molecule has 4 rings (SSSR count). The second-order valence-corrected chi connectivity index (χ2v) is 14.3. The number of ether oxygens (including phenoxy) is 3. The molecule has 1 heterocycles. The Labute approximate surface area is 347 Å². The highest BCUT2D eigenvalue weighted by Gasteiger charge is 2.30. The molecule has 0 atom stereocenters. The van der Waals surface area contributed by atoms with Crippen molar-refractivity contribution >= 4 is 23.2 Å². The van der Waals surface area contributed by atoms with Gasteiger partial charge in [0.25, 0.3) is 11.8 Å². The minimum absolute atomic E-state index is 0.0888. The number of nitrogens with one attached hydrogen (secondary N) is 2. The summed E-state index contributed by atoms with van der Waals surface area (Å²) in [6.45, 7) is 20.0. The first kappa shape index (κ1) is 46.9. The zero-order valence-electron chi connectivity index (χ0n) is 35.2. The molecule has 0 saturated carbocycles. The number of benzene rings is 3. The van der Waals surface area contributed by atoms with E-state index in [0.29, 0.717) is 61.1 Å². The molecular formula is C46H61F3N5O5+. The van der Waals surface area contributed by atoms with Crippen molar-refractivity contribution in [3.8, 4) is 11.3 Å². The van der Waals surface area contributed by atoms with Crippen LogP contribution in [0, 0.1) is 0 Å². The number of quaternary nitrogens is 1. The Bertz CT molecular complexity index is 1910. The van der Waals surface area contributed by atoms with Gasteiger partial charge in [-0.3, -0.25) is 14.6 Å². The van der Waals surface area contributed by atoms with E-state index in [0.717, 1.165) is 86.6 Å². The topological polar surface area (TPSA) is 102 Å². The summed E-state index contributed by atoms with van der Waals surface area (Å²) >= 11 is 0. The molecule has 0 saturated heterocycles. The maximum atomic E-state index is 13.7. The molecule has 0 unspecified atom stereocenters. The Hall–Kier alpha value is -4.82. The van der Waals surface area contributed by atoms with E-state index < -0.39 is 17.6 Å². The van der Waals surface area contributed by atoms with Crippen LogP contribution in [0.5, 0.6) is 0 Å². The summed E-state index contributed by atoms with van der Waals surface area (Å²) in [5, 5.41) is 5.76. The summed E-state index contributed by atoms with van der Waals surface area (Å²) in [5.41, 5.74) is 3.81. The molecule has 0 aliphatic rings. The van der Waals surface area contributed by atoms with Crippen LogP contribution in [0.3, 0.4) is 0 Å². The van der Waals surface area contributed by atoms with E-state index in [9.17, 15) is 22.8 Å². The lowest BCUT2D eigenvalue weighted by molar-refractivity contribution is -0.923. The van der Waals surface area contributed by atoms with Crippen LogP contribution < -0.4 is 15.5 Å². The van der Waals surface area contributed by atoms with E-state index in [2.05, 4.69) is 55.1 Å². The van der Waals surface area contributed by atoms with Crippen molar-refractivity contribution in [2.75, 3.05) is 89.1 Å². The molecule has 320 valence electrons. The lowest BCUT2D eigenvalue weighted by Gasteiger charge is -2.35. The lowest BCUT2D eigenvalue weighted by atomic mass is 10.0. The number of halogens is 3. The fourth-order valence-electron chi connectivity index (χ4n) is 6.89. The maximum absolute atomic E-state index is 13.7. The summed E-state index contributed by atoms with van der Waals surface area (Å²) in [6.07, 6.45) is -1.47. The van der Waals surface area contributed by atoms with E-state index in [1.165, 1.54) is 24.4 Å². The predicted octanol–water partition coefficient (Wildman–Crippen LogP) is 8.65. The molecule has 13 heteroatoms. The third kappa shape index (κ3) is 14.5. The summed E-state index contributed by atoms with van der Waals surface area (Å²) < 4.78 is 58.0. The van der Waals surface area contributed by atoms with Crippen molar-refractivity contribution in [2.45, 2.75) is 60.2 Å². The average Bonchev–Trinajstić information content (AvgIpc) is 3.25. The molecule has 0 spiro atoms. The van der Waals surface area contributed by atoms with Crippen LogP contribution in [-0.4, -0.2) is 100 Å². The number of aromatic nitrogens is 1. The lowest BCUT2D eigenvalue weighted by Crippen LogP contribution is -2.49. The van der Waals surface area contributed by atoms with E-state index in [1.807, 2.05) is 36.4 Å². The molecule has 0 aliphatic carbocycles. The molecule has 2 amide bonds. The zero-order valence-corrected chi connectivity index (χ0v) is 35.2.